The van der Waals surface area contributed by atoms with Gasteiger partial charge in [-0.15, -0.1) is 0 Å². The molecule has 0 saturated carbocycles. The highest BCUT2D eigenvalue weighted by atomic mass is 19.3. The van der Waals surface area contributed by atoms with E-state index in [0.717, 1.165) is 18.2 Å². The third-order valence-corrected chi connectivity index (χ3v) is 2.43. The molecule has 0 aliphatic heterocycles. The first-order chi connectivity index (χ1) is 10.3. The minimum Gasteiger partial charge on any atom is -0.433 e. The molecule has 0 spiro atoms. The Balaban J connectivity index is 2.91. The van der Waals surface area contributed by atoms with E-state index in [-0.39, 0.29) is 29.8 Å². The molecule has 0 heterocycles. The maximum atomic E-state index is 12.3. The molecular weight excluding hydrogens is 304 g/mol. The molecule has 1 atom stereocenters. The molecule has 0 aliphatic rings. The van der Waals surface area contributed by atoms with Crippen LogP contribution in [-0.2, 0) is 4.74 Å². The molecular formula is C12H15F2N3O5. The molecule has 0 fully saturated rings. The van der Waals surface area contributed by atoms with E-state index in [2.05, 4.69) is 15.4 Å². The quantitative estimate of drug-likeness (QED) is 0.593. The number of non-ortho nitro benzene ring substituents is 1. The van der Waals surface area contributed by atoms with Crippen LogP contribution in [0.3, 0.4) is 0 Å². The number of urea groups is 1. The lowest BCUT2D eigenvalue weighted by Crippen LogP contribution is -2.38. The number of alkyl halides is 2. The number of hydrogen-bond donors (Lipinski definition) is 2. The summed E-state index contributed by atoms with van der Waals surface area (Å²) in [4.78, 5) is 21.7. The van der Waals surface area contributed by atoms with E-state index >= 15 is 0 Å². The van der Waals surface area contributed by atoms with E-state index in [1.54, 1.807) is 6.92 Å². The van der Waals surface area contributed by atoms with E-state index in [1.165, 1.54) is 7.11 Å². The number of anilines is 1. The Morgan fingerprint density at radius 2 is 2.14 bits per heavy atom. The van der Waals surface area contributed by atoms with Crippen molar-refractivity contribution in [2.45, 2.75) is 19.6 Å². The lowest BCUT2D eigenvalue weighted by molar-refractivity contribution is -0.384. The summed E-state index contributed by atoms with van der Waals surface area (Å²) in [6.07, 6.45) is 0. The van der Waals surface area contributed by atoms with Crippen LogP contribution in [-0.4, -0.2) is 37.3 Å². The smallest absolute Gasteiger partial charge is 0.387 e. The fraction of sp³-hybridized carbons (Fsp3) is 0.417. The van der Waals surface area contributed by atoms with Crippen molar-refractivity contribution < 1.29 is 28.0 Å². The number of nitro groups is 1. The predicted molar refractivity (Wildman–Crippen MR) is 73.2 cm³/mol. The SMILES string of the molecule is COCC(C)NC(=O)Nc1cc([N+](=O)[O-])ccc1OC(F)F. The number of amides is 2. The molecule has 0 saturated heterocycles. The third kappa shape index (κ3) is 5.48. The zero-order valence-corrected chi connectivity index (χ0v) is 11.8. The molecule has 8 nitrogen and oxygen atoms in total. The zero-order chi connectivity index (χ0) is 16.7. The van der Waals surface area contributed by atoms with Crippen molar-refractivity contribution in [3.63, 3.8) is 0 Å². The maximum absolute atomic E-state index is 12.3. The van der Waals surface area contributed by atoms with Crippen LogP contribution >= 0.6 is 0 Å². The number of nitrogens with one attached hydrogen (secondary N) is 2. The minimum atomic E-state index is -3.13. The van der Waals surface area contributed by atoms with E-state index < -0.39 is 17.6 Å². The van der Waals surface area contributed by atoms with E-state index in [1.807, 2.05) is 0 Å². The zero-order valence-electron chi connectivity index (χ0n) is 11.8. The van der Waals surface area contributed by atoms with Crippen LogP contribution in [0.4, 0.5) is 25.0 Å². The Morgan fingerprint density at radius 1 is 1.45 bits per heavy atom. The van der Waals surface area contributed by atoms with Crippen molar-refractivity contribution in [2.75, 3.05) is 19.0 Å². The van der Waals surface area contributed by atoms with Gasteiger partial charge in [0.1, 0.15) is 5.75 Å². The second-order valence-electron chi connectivity index (χ2n) is 4.27. The first kappa shape index (κ1) is 17.6. The van der Waals surface area contributed by atoms with Gasteiger partial charge < -0.3 is 20.1 Å². The molecule has 0 aromatic heterocycles. The van der Waals surface area contributed by atoms with Crippen molar-refractivity contribution in [1.29, 1.82) is 0 Å². The maximum Gasteiger partial charge on any atom is 0.387 e. The number of nitrogens with zero attached hydrogens (tertiary/aromatic N) is 1. The highest BCUT2D eigenvalue weighted by Gasteiger charge is 2.17. The molecule has 0 radical (unpaired) electrons. The van der Waals surface area contributed by atoms with Crippen molar-refractivity contribution in [2.24, 2.45) is 0 Å². The number of hydrogen-bond acceptors (Lipinski definition) is 5. The Kier molecular flexibility index (Phi) is 6.45. The van der Waals surface area contributed by atoms with Gasteiger partial charge in [-0.25, -0.2) is 4.79 Å². The summed E-state index contributed by atoms with van der Waals surface area (Å²) >= 11 is 0. The number of carbonyl (C=O) groups is 1. The fourth-order valence-corrected chi connectivity index (χ4v) is 1.60. The number of halogens is 2. The van der Waals surface area contributed by atoms with Crippen molar-refractivity contribution in [1.82, 2.24) is 5.32 Å². The summed E-state index contributed by atoms with van der Waals surface area (Å²) in [5, 5.41) is 15.4. The highest BCUT2D eigenvalue weighted by Crippen LogP contribution is 2.30. The van der Waals surface area contributed by atoms with Gasteiger partial charge in [0.05, 0.1) is 23.3 Å². The molecule has 10 heteroatoms. The van der Waals surface area contributed by atoms with Gasteiger partial charge >= 0.3 is 12.6 Å². The molecule has 1 rings (SSSR count). The molecule has 2 amide bonds. The van der Waals surface area contributed by atoms with Crippen LogP contribution in [0, 0.1) is 10.1 Å². The average molecular weight is 319 g/mol. The molecule has 1 aromatic carbocycles. The first-order valence-electron chi connectivity index (χ1n) is 6.13. The van der Waals surface area contributed by atoms with Crippen LogP contribution in [0.5, 0.6) is 5.75 Å². The van der Waals surface area contributed by atoms with E-state index in [4.69, 9.17) is 4.74 Å². The van der Waals surface area contributed by atoms with Gasteiger partial charge in [0.25, 0.3) is 5.69 Å². The monoisotopic (exact) mass is 319 g/mol. The summed E-state index contributed by atoms with van der Waals surface area (Å²) in [5.74, 6) is -0.379. The second-order valence-corrected chi connectivity index (χ2v) is 4.27. The van der Waals surface area contributed by atoms with Gasteiger partial charge in [-0.1, -0.05) is 0 Å². The van der Waals surface area contributed by atoms with Gasteiger partial charge in [0.2, 0.25) is 0 Å². The van der Waals surface area contributed by atoms with Crippen molar-refractivity contribution >= 4 is 17.4 Å². The summed E-state index contributed by atoms with van der Waals surface area (Å²) in [7, 11) is 1.45. The Morgan fingerprint density at radius 3 is 2.68 bits per heavy atom. The summed E-state index contributed by atoms with van der Waals surface area (Å²) in [6, 6.07) is 1.83. The molecule has 1 aromatic rings. The molecule has 0 bridgehead atoms. The fourth-order valence-electron chi connectivity index (χ4n) is 1.60. The lowest BCUT2D eigenvalue weighted by Gasteiger charge is -2.15. The molecule has 0 aliphatic carbocycles. The Labute approximate surface area is 124 Å². The van der Waals surface area contributed by atoms with E-state index in [9.17, 15) is 23.7 Å². The van der Waals surface area contributed by atoms with Crippen LogP contribution in [0.25, 0.3) is 0 Å². The number of carbonyl (C=O) groups excluding carboxylic acids is 1. The van der Waals surface area contributed by atoms with Gasteiger partial charge in [0, 0.05) is 19.2 Å². The molecule has 122 valence electrons. The van der Waals surface area contributed by atoms with Crippen LogP contribution < -0.4 is 15.4 Å². The summed E-state index contributed by atoms with van der Waals surface area (Å²) in [6.45, 7) is -1.23. The van der Waals surface area contributed by atoms with Gasteiger partial charge in [-0.3, -0.25) is 10.1 Å². The Hall–Kier alpha value is -2.49. The van der Waals surface area contributed by atoms with Gasteiger partial charge in [-0.2, -0.15) is 8.78 Å². The van der Waals surface area contributed by atoms with Crippen LogP contribution in [0.2, 0.25) is 0 Å². The second kappa shape index (κ2) is 8.08. The minimum absolute atomic E-state index is 0.239. The van der Waals surface area contributed by atoms with Crippen LogP contribution in [0.1, 0.15) is 6.92 Å². The van der Waals surface area contributed by atoms with Gasteiger partial charge in [-0.05, 0) is 13.0 Å². The number of nitro benzene ring substituents is 1. The van der Waals surface area contributed by atoms with Crippen molar-refractivity contribution in [3.05, 3.63) is 28.3 Å². The standard InChI is InChI=1S/C12H15F2N3O5/c1-7(6-21-2)15-12(18)16-9-5-8(17(19)20)3-4-10(9)22-11(13)14/h3-5,7,11H,6H2,1-2H3,(H2,15,16,18). The molecule has 2 N–H and O–H groups in total. The number of ether oxygens (including phenoxy) is 2. The summed E-state index contributed by atoms with van der Waals surface area (Å²) in [5.41, 5.74) is -0.613. The van der Waals surface area contributed by atoms with Gasteiger partial charge in [0.15, 0.2) is 0 Å². The largest absolute Gasteiger partial charge is 0.433 e. The third-order valence-electron chi connectivity index (χ3n) is 2.43. The highest BCUT2D eigenvalue weighted by molar-refractivity contribution is 5.91. The van der Waals surface area contributed by atoms with Crippen LogP contribution in [0.15, 0.2) is 18.2 Å². The van der Waals surface area contributed by atoms with E-state index in [0.29, 0.717) is 0 Å². The van der Waals surface area contributed by atoms with Crippen molar-refractivity contribution in [3.8, 4) is 5.75 Å². The predicted octanol–water partition coefficient (Wildman–Crippen LogP) is 2.35. The average Bonchev–Trinajstić information content (AvgIpc) is 2.39. The lowest BCUT2D eigenvalue weighted by atomic mass is 10.2. The number of benzene rings is 1. The normalized spacial score (nSPS) is 11.9. The Bertz CT molecular complexity index is 541. The molecule has 1 unspecified atom stereocenters. The number of rotatable bonds is 7. The summed E-state index contributed by atoms with van der Waals surface area (Å²) < 4.78 is 33.6. The topological polar surface area (TPSA) is 103 Å². The number of methoxy groups -OCH3 is 1. The first-order valence-corrected chi connectivity index (χ1v) is 6.13. The molecule has 22 heavy (non-hydrogen) atoms.